The van der Waals surface area contributed by atoms with Gasteiger partial charge in [-0.05, 0) is 49.3 Å². The van der Waals surface area contributed by atoms with Crippen LogP contribution in [0.4, 0.5) is 18.9 Å². The molecule has 1 unspecified atom stereocenters. The first-order chi connectivity index (χ1) is 13.9. The third-order valence-electron chi connectivity index (χ3n) is 6.33. The average molecular weight is 412 g/mol. The Balaban J connectivity index is 1.60. The molecule has 5 nitrogen and oxygen atoms in total. The Labute approximate surface area is 167 Å². The van der Waals surface area contributed by atoms with E-state index in [9.17, 15) is 23.4 Å². The average Bonchev–Trinajstić information content (AvgIpc) is 3.01. The van der Waals surface area contributed by atoms with E-state index < -0.39 is 18.0 Å². The van der Waals surface area contributed by atoms with Gasteiger partial charge < -0.3 is 19.5 Å². The van der Waals surface area contributed by atoms with E-state index in [1.807, 2.05) is 4.90 Å². The summed E-state index contributed by atoms with van der Waals surface area (Å²) < 4.78 is 45.5. The highest BCUT2D eigenvalue weighted by atomic mass is 19.4. The van der Waals surface area contributed by atoms with Crippen molar-refractivity contribution < 1.29 is 27.8 Å². The van der Waals surface area contributed by atoms with E-state index in [1.54, 1.807) is 0 Å². The molecule has 0 saturated heterocycles. The van der Waals surface area contributed by atoms with Crippen LogP contribution >= 0.6 is 0 Å². The topological polar surface area (TPSA) is 68.9 Å². The highest BCUT2D eigenvalue weighted by Crippen LogP contribution is 2.41. The first-order valence-electron chi connectivity index (χ1n) is 10.3. The largest absolute Gasteiger partial charge is 0.455 e. The van der Waals surface area contributed by atoms with Gasteiger partial charge in [0.1, 0.15) is 5.58 Å². The molecule has 0 amide bonds. The molecule has 4 rings (SSSR count). The van der Waals surface area contributed by atoms with E-state index in [1.165, 1.54) is 6.07 Å². The third kappa shape index (κ3) is 4.25. The van der Waals surface area contributed by atoms with Crippen LogP contribution in [0.1, 0.15) is 49.7 Å². The molecule has 1 atom stereocenters. The first-order valence-corrected chi connectivity index (χ1v) is 10.3. The first kappa shape index (κ1) is 20.5. The predicted octanol–water partition coefficient (Wildman–Crippen LogP) is 4.04. The highest BCUT2D eigenvalue weighted by Gasteiger charge is 2.34. The normalized spacial score (nSPS) is 25.8. The minimum absolute atomic E-state index is 0.244. The Morgan fingerprint density at radius 3 is 2.55 bits per heavy atom. The highest BCUT2D eigenvalue weighted by molar-refractivity contribution is 5.94. The van der Waals surface area contributed by atoms with E-state index in [2.05, 4.69) is 5.32 Å². The molecule has 29 heavy (non-hydrogen) atoms. The third-order valence-corrected chi connectivity index (χ3v) is 6.33. The molecular formula is C21H27F3N2O3. The number of fused-ring (bicyclic) bond motifs is 3. The number of benzene rings is 1. The number of rotatable bonds is 4. The zero-order chi connectivity index (χ0) is 20.6. The van der Waals surface area contributed by atoms with Crippen LogP contribution in [0.2, 0.25) is 0 Å². The molecule has 8 heteroatoms. The molecule has 1 saturated carbocycles. The van der Waals surface area contributed by atoms with Crippen LogP contribution in [0.15, 0.2) is 22.6 Å². The maximum absolute atomic E-state index is 13.2. The standard InChI is InChI=1S/C21H27F3N2O3/c22-21(23,24)15-5-6-17-16(11-15)18-19(29-17)20(28)25-8-10-26(18)9-7-13-1-3-14(12-27)4-2-13/h5-6,11,13-14,20,25,27-28H,1-4,7-10,12H2. The summed E-state index contributed by atoms with van der Waals surface area (Å²) in [6.45, 7) is 2.04. The molecule has 0 spiro atoms. The minimum Gasteiger partial charge on any atom is -0.455 e. The number of hydrogen-bond acceptors (Lipinski definition) is 5. The molecule has 160 valence electrons. The van der Waals surface area contributed by atoms with Crippen LogP contribution in [0.25, 0.3) is 11.0 Å². The lowest BCUT2D eigenvalue weighted by molar-refractivity contribution is -0.137. The monoisotopic (exact) mass is 412 g/mol. The van der Waals surface area contributed by atoms with Gasteiger partial charge in [0.15, 0.2) is 12.0 Å². The zero-order valence-corrected chi connectivity index (χ0v) is 16.2. The number of nitrogens with one attached hydrogen (secondary N) is 1. The molecule has 2 aromatic rings. The number of halogens is 3. The van der Waals surface area contributed by atoms with Crippen molar-refractivity contribution in [3.63, 3.8) is 0 Å². The number of anilines is 1. The van der Waals surface area contributed by atoms with Crippen molar-refractivity contribution in [3.05, 3.63) is 29.5 Å². The van der Waals surface area contributed by atoms with Crippen LogP contribution in [0.5, 0.6) is 0 Å². The Morgan fingerprint density at radius 2 is 1.86 bits per heavy atom. The van der Waals surface area contributed by atoms with Crippen molar-refractivity contribution in [1.29, 1.82) is 0 Å². The predicted molar refractivity (Wildman–Crippen MR) is 104 cm³/mol. The number of hydrogen-bond donors (Lipinski definition) is 3. The lowest BCUT2D eigenvalue weighted by Crippen LogP contribution is -2.32. The molecule has 2 heterocycles. The summed E-state index contributed by atoms with van der Waals surface area (Å²) in [5, 5.41) is 23.0. The van der Waals surface area contributed by atoms with Gasteiger partial charge >= 0.3 is 6.18 Å². The lowest BCUT2D eigenvalue weighted by atomic mass is 9.81. The zero-order valence-electron chi connectivity index (χ0n) is 16.2. The van der Waals surface area contributed by atoms with Crippen LogP contribution in [-0.2, 0) is 6.18 Å². The second-order valence-corrected chi connectivity index (χ2v) is 8.23. The van der Waals surface area contributed by atoms with Gasteiger partial charge in [0.05, 0.1) is 11.3 Å². The van der Waals surface area contributed by atoms with Crippen molar-refractivity contribution in [3.8, 4) is 0 Å². The molecule has 1 aliphatic carbocycles. The Hall–Kier alpha value is -1.77. The molecule has 2 aliphatic rings. The summed E-state index contributed by atoms with van der Waals surface area (Å²) >= 11 is 0. The van der Waals surface area contributed by atoms with Crippen molar-refractivity contribution in [2.24, 2.45) is 11.8 Å². The smallest absolute Gasteiger partial charge is 0.416 e. The molecule has 0 bridgehead atoms. The lowest BCUT2D eigenvalue weighted by Gasteiger charge is -2.30. The maximum atomic E-state index is 13.2. The quantitative estimate of drug-likeness (QED) is 0.707. The maximum Gasteiger partial charge on any atom is 0.416 e. The van der Waals surface area contributed by atoms with Gasteiger partial charge in [-0.1, -0.05) is 12.8 Å². The van der Waals surface area contributed by atoms with Gasteiger partial charge in [0.25, 0.3) is 0 Å². The van der Waals surface area contributed by atoms with Gasteiger partial charge in [-0.15, -0.1) is 0 Å². The van der Waals surface area contributed by atoms with Crippen LogP contribution in [0, 0.1) is 11.8 Å². The molecule has 1 aromatic heterocycles. The van der Waals surface area contributed by atoms with E-state index in [0.29, 0.717) is 48.1 Å². The molecule has 1 aliphatic heterocycles. The second-order valence-electron chi connectivity index (χ2n) is 8.23. The van der Waals surface area contributed by atoms with Crippen molar-refractivity contribution in [2.45, 2.75) is 44.5 Å². The summed E-state index contributed by atoms with van der Waals surface area (Å²) in [4.78, 5) is 2.04. The van der Waals surface area contributed by atoms with E-state index in [-0.39, 0.29) is 12.4 Å². The van der Waals surface area contributed by atoms with Gasteiger partial charge in [-0.25, -0.2) is 0 Å². The van der Waals surface area contributed by atoms with Crippen molar-refractivity contribution in [1.82, 2.24) is 5.32 Å². The summed E-state index contributed by atoms with van der Waals surface area (Å²) in [6, 6.07) is 3.46. The minimum atomic E-state index is -4.43. The fourth-order valence-electron chi connectivity index (χ4n) is 4.60. The molecule has 1 fully saturated rings. The van der Waals surface area contributed by atoms with Crippen LogP contribution in [-0.4, -0.2) is 36.5 Å². The number of furan rings is 1. The van der Waals surface area contributed by atoms with E-state index in [4.69, 9.17) is 4.42 Å². The summed E-state index contributed by atoms with van der Waals surface area (Å²) in [6.07, 6.45) is -0.368. The second kappa shape index (κ2) is 8.16. The van der Waals surface area contributed by atoms with Crippen molar-refractivity contribution >= 4 is 16.7 Å². The van der Waals surface area contributed by atoms with E-state index in [0.717, 1.165) is 44.2 Å². The number of nitrogens with zero attached hydrogens (tertiary/aromatic N) is 1. The van der Waals surface area contributed by atoms with Crippen LogP contribution < -0.4 is 10.2 Å². The van der Waals surface area contributed by atoms with Crippen molar-refractivity contribution in [2.75, 3.05) is 31.1 Å². The molecule has 3 N–H and O–H groups in total. The van der Waals surface area contributed by atoms with Gasteiger partial charge in [-0.2, -0.15) is 13.2 Å². The number of alkyl halides is 3. The van der Waals surface area contributed by atoms with Crippen LogP contribution in [0.3, 0.4) is 0 Å². The molecule has 1 aromatic carbocycles. The van der Waals surface area contributed by atoms with Gasteiger partial charge in [-0.3, -0.25) is 5.32 Å². The summed E-state index contributed by atoms with van der Waals surface area (Å²) in [5.74, 6) is 1.22. The Kier molecular flexibility index (Phi) is 5.77. The van der Waals surface area contributed by atoms with E-state index >= 15 is 0 Å². The number of aliphatic hydroxyl groups is 2. The number of aliphatic hydroxyl groups excluding tert-OH is 2. The SMILES string of the molecule is OCC1CCC(CCN2CCNC(O)c3oc4ccc(C(F)(F)F)cc4c32)CC1. The Morgan fingerprint density at radius 1 is 1.14 bits per heavy atom. The molecular weight excluding hydrogens is 385 g/mol. The van der Waals surface area contributed by atoms with Gasteiger partial charge in [0.2, 0.25) is 0 Å². The summed E-state index contributed by atoms with van der Waals surface area (Å²) in [5.41, 5.74) is 0.189. The Bertz CT molecular complexity index is 844. The van der Waals surface area contributed by atoms with Gasteiger partial charge in [0, 0.05) is 31.6 Å². The molecule has 0 radical (unpaired) electrons. The fourth-order valence-corrected chi connectivity index (χ4v) is 4.60. The summed E-state index contributed by atoms with van der Waals surface area (Å²) in [7, 11) is 0. The fraction of sp³-hybridized carbons (Fsp3) is 0.619.